The Labute approximate surface area is 104 Å². The van der Waals surface area contributed by atoms with Crippen molar-refractivity contribution in [1.29, 1.82) is 0 Å². The number of hydrogen-bond acceptors (Lipinski definition) is 1. The average molecular weight is 231 g/mol. The van der Waals surface area contributed by atoms with Crippen molar-refractivity contribution in [3.8, 4) is 0 Å². The minimum Gasteiger partial charge on any atom is -0.338 e. The SMILES string of the molecule is C=CC.CC(=O)N1CCc2cc(C)ccc2C1. The molecule has 17 heavy (non-hydrogen) atoms. The fourth-order valence-electron chi connectivity index (χ4n) is 1.95. The van der Waals surface area contributed by atoms with Gasteiger partial charge in [-0.25, -0.2) is 0 Å². The molecule has 0 spiro atoms. The zero-order valence-corrected chi connectivity index (χ0v) is 11.0. The molecule has 2 nitrogen and oxygen atoms in total. The van der Waals surface area contributed by atoms with Crippen LogP contribution in [0.15, 0.2) is 30.9 Å². The highest BCUT2D eigenvalue weighted by Crippen LogP contribution is 2.19. The molecular weight excluding hydrogens is 210 g/mol. The fourth-order valence-corrected chi connectivity index (χ4v) is 1.95. The third-order valence-corrected chi connectivity index (χ3v) is 2.82. The van der Waals surface area contributed by atoms with Crippen LogP contribution in [0.4, 0.5) is 0 Å². The van der Waals surface area contributed by atoms with Crippen LogP contribution in [0, 0.1) is 6.92 Å². The van der Waals surface area contributed by atoms with Crippen molar-refractivity contribution in [2.24, 2.45) is 0 Å². The normalized spacial score (nSPS) is 13.2. The van der Waals surface area contributed by atoms with Crippen LogP contribution in [0.1, 0.15) is 30.5 Å². The molecule has 0 atom stereocenters. The van der Waals surface area contributed by atoms with E-state index in [1.54, 1.807) is 13.0 Å². The molecule has 92 valence electrons. The Balaban J connectivity index is 0.000000437. The van der Waals surface area contributed by atoms with Gasteiger partial charge in [0.1, 0.15) is 0 Å². The molecule has 0 bridgehead atoms. The van der Waals surface area contributed by atoms with E-state index in [1.165, 1.54) is 16.7 Å². The van der Waals surface area contributed by atoms with E-state index >= 15 is 0 Å². The van der Waals surface area contributed by atoms with Crippen molar-refractivity contribution in [2.75, 3.05) is 6.54 Å². The first-order valence-electron chi connectivity index (χ1n) is 5.99. The summed E-state index contributed by atoms with van der Waals surface area (Å²) in [6, 6.07) is 6.48. The molecule has 0 N–H and O–H groups in total. The predicted molar refractivity (Wildman–Crippen MR) is 71.8 cm³/mol. The summed E-state index contributed by atoms with van der Waals surface area (Å²) in [6.45, 7) is 10.6. The van der Waals surface area contributed by atoms with Gasteiger partial charge in [0.05, 0.1) is 0 Å². The molecule has 1 aromatic carbocycles. The second-order valence-corrected chi connectivity index (χ2v) is 4.37. The van der Waals surface area contributed by atoms with Crippen molar-refractivity contribution >= 4 is 5.91 Å². The number of hydrogen-bond donors (Lipinski definition) is 0. The summed E-state index contributed by atoms with van der Waals surface area (Å²) in [5, 5.41) is 0. The van der Waals surface area contributed by atoms with Gasteiger partial charge in [0.15, 0.2) is 0 Å². The van der Waals surface area contributed by atoms with Gasteiger partial charge in [0.2, 0.25) is 5.91 Å². The Morgan fingerprint density at radius 2 is 2.06 bits per heavy atom. The molecule has 1 aliphatic heterocycles. The first kappa shape index (κ1) is 13.5. The van der Waals surface area contributed by atoms with Crippen LogP contribution < -0.4 is 0 Å². The number of carbonyl (C=O) groups excluding carboxylic acids is 1. The lowest BCUT2D eigenvalue weighted by molar-refractivity contribution is -0.129. The highest BCUT2D eigenvalue weighted by atomic mass is 16.2. The summed E-state index contributed by atoms with van der Waals surface area (Å²) < 4.78 is 0. The molecule has 0 radical (unpaired) electrons. The van der Waals surface area contributed by atoms with Gasteiger partial charge in [-0.1, -0.05) is 29.8 Å². The topological polar surface area (TPSA) is 20.3 Å². The van der Waals surface area contributed by atoms with Gasteiger partial charge in [-0.15, -0.1) is 6.58 Å². The number of benzene rings is 1. The minimum absolute atomic E-state index is 0.177. The number of rotatable bonds is 0. The van der Waals surface area contributed by atoms with Crippen molar-refractivity contribution in [2.45, 2.75) is 33.7 Å². The predicted octanol–water partition coefficient (Wildman–Crippen LogP) is 3.09. The molecule has 0 aliphatic carbocycles. The Bertz CT molecular complexity index is 409. The Morgan fingerprint density at radius 3 is 2.65 bits per heavy atom. The fraction of sp³-hybridized carbons (Fsp3) is 0.400. The van der Waals surface area contributed by atoms with E-state index in [9.17, 15) is 4.79 Å². The van der Waals surface area contributed by atoms with Crippen LogP contribution >= 0.6 is 0 Å². The Morgan fingerprint density at radius 1 is 1.41 bits per heavy atom. The Kier molecular flexibility index (Phi) is 4.95. The zero-order chi connectivity index (χ0) is 12.8. The van der Waals surface area contributed by atoms with Gasteiger partial charge < -0.3 is 4.90 Å². The minimum atomic E-state index is 0.177. The number of aryl methyl sites for hydroxylation is 1. The summed E-state index contributed by atoms with van der Waals surface area (Å²) in [6.07, 6.45) is 2.75. The molecule has 2 rings (SSSR count). The molecule has 0 unspecified atom stereocenters. The van der Waals surface area contributed by atoms with Gasteiger partial charge in [0, 0.05) is 20.0 Å². The van der Waals surface area contributed by atoms with E-state index in [2.05, 4.69) is 31.7 Å². The number of allylic oxidation sites excluding steroid dienone is 1. The van der Waals surface area contributed by atoms with E-state index in [0.29, 0.717) is 0 Å². The van der Waals surface area contributed by atoms with Crippen LogP contribution in [0.3, 0.4) is 0 Å². The van der Waals surface area contributed by atoms with Crippen molar-refractivity contribution in [1.82, 2.24) is 4.90 Å². The monoisotopic (exact) mass is 231 g/mol. The summed E-state index contributed by atoms with van der Waals surface area (Å²) in [4.78, 5) is 13.1. The smallest absolute Gasteiger partial charge is 0.219 e. The van der Waals surface area contributed by atoms with Crippen LogP contribution in [0.25, 0.3) is 0 Å². The van der Waals surface area contributed by atoms with Gasteiger partial charge in [0.25, 0.3) is 0 Å². The van der Waals surface area contributed by atoms with Crippen molar-refractivity contribution in [3.05, 3.63) is 47.5 Å². The molecule has 2 heteroatoms. The molecule has 1 heterocycles. The maximum Gasteiger partial charge on any atom is 0.219 e. The summed E-state index contributed by atoms with van der Waals surface area (Å²) in [7, 11) is 0. The standard InChI is InChI=1S/C12H15NO.C3H6/c1-9-3-4-12-8-13(10(2)14)6-5-11(12)7-9;1-3-2/h3-4,7H,5-6,8H2,1-2H3;3H,1H2,2H3. The highest BCUT2D eigenvalue weighted by Gasteiger charge is 2.17. The second-order valence-electron chi connectivity index (χ2n) is 4.37. The van der Waals surface area contributed by atoms with E-state index in [1.807, 2.05) is 11.8 Å². The van der Waals surface area contributed by atoms with Crippen molar-refractivity contribution in [3.63, 3.8) is 0 Å². The number of amides is 1. The quantitative estimate of drug-likeness (QED) is 0.628. The second kappa shape index (κ2) is 6.24. The summed E-state index contributed by atoms with van der Waals surface area (Å²) in [5.74, 6) is 0.177. The largest absolute Gasteiger partial charge is 0.338 e. The van der Waals surface area contributed by atoms with Crippen LogP contribution in [-0.4, -0.2) is 17.4 Å². The molecule has 0 fully saturated rings. The maximum atomic E-state index is 11.2. The maximum absolute atomic E-state index is 11.2. The van der Waals surface area contributed by atoms with Gasteiger partial charge in [-0.3, -0.25) is 4.79 Å². The molecule has 0 aromatic heterocycles. The molecule has 1 amide bonds. The molecule has 0 saturated heterocycles. The van der Waals surface area contributed by atoms with E-state index in [-0.39, 0.29) is 5.91 Å². The van der Waals surface area contributed by atoms with E-state index < -0.39 is 0 Å². The van der Waals surface area contributed by atoms with E-state index in [4.69, 9.17) is 0 Å². The van der Waals surface area contributed by atoms with Crippen LogP contribution in [-0.2, 0) is 17.8 Å². The van der Waals surface area contributed by atoms with Gasteiger partial charge in [-0.2, -0.15) is 0 Å². The summed E-state index contributed by atoms with van der Waals surface area (Å²) >= 11 is 0. The zero-order valence-electron chi connectivity index (χ0n) is 11.0. The van der Waals surface area contributed by atoms with Crippen LogP contribution in [0.2, 0.25) is 0 Å². The van der Waals surface area contributed by atoms with Crippen molar-refractivity contribution < 1.29 is 4.79 Å². The third-order valence-electron chi connectivity index (χ3n) is 2.82. The van der Waals surface area contributed by atoms with Gasteiger partial charge >= 0.3 is 0 Å². The molecule has 0 saturated carbocycles. The first-order chi connectivity index (χ1) is 8.08. The molecular formula is C15H21NO. The van der Waals surface area contributed by atoms with Gasteiger partial charge in [-0.05, 0) is 31.4 Å². The first-order valence-corrected chi connectivity index (χ1v) is 5.99. The lowest BCUT2D eigenvalue weighted by atomic mass is 9.98. The Hall–Kier alpha value is -1.57. The van der Waals surface area contributed by atoms with Crippen LogP contribution in [0.5, 0.6) is 0 Å². The third kappa shape index (κ3) is 3.74. The lowest BCUT2D eigenvalue weighted by Crippen LogP contribution is -2.34. The average Bonchev–Trinajstić information content (AvgIpc) is 2.29. The highest BCUT2D eigenvalue weighted by molar-refractivity contribution is 5.73. The van der Waals surface area contributed by atoms with E-state index in [0.717, 1.165) is 19.5 Å². The molecule has 1 aromatic rings. The number of nitrogens with zero attached hydrogens (tertiary/aromatic N) is 1. The lowest BCUT2D eigenvalue weighted by Gasteiger charge is -2.28. The summed E-state index contributed by atoms with van der Waals surface area (Å²) in [5.41, 5.74) is 4.01. The molecule has 1 aliphatic rings. The number of fused-ring (bicyclic) bond motifs is 1. The number of carbonyl (C=O) groups is 1.